The molecule has 30 heavy (non-hydrogen) atoms. The van der Waals surface area contributed by atoms with Crippen molar-refractivity contribution < 1.29 is 19.1 Å². The molecule has 1 aromatic rings. The number of hydrogen-bond donors (Lipinski definition) is 2. The van der Waals surface area contributed by atoms with Crippen LogP contribution in [0.15, 0.2) is 24.3 Å². The molecule has 2 atom stereocenters. The minimum absolute atomic E-state index is 0.0543. The molecule has 0 aromatic heterocycles. The first-order chi connectivity index (χ1) is 14.6. The monoisotopic (exact) mass is 414 g/mol. The number of benzene rings is 1. The number of methoxy groups -OCH3 is 1. The highest BCUT2D eigenvalue weighted by atomic mass is 16.5. The van der Waals surface area contributed by atoms with E-state index in [4.69, 9.17) is 4.74 Å². The van der Waals surface area contributed by atoms with Crippen molar-refractivity contribution in [1.82, 2.24) is 15.1 Å². The van der Waals surface area contributed by atoms with E-state index < -0.39 is 6.17 Å². The average Bonchev–Trinajstić information content (AvgIpc) is 2.78. The van der Waals surface area contributed by atoms with Crippen LogP contribution in [-0.4, -0.2) is 60.1 Å². The Kier molecular flexibility index (Phi) is 6.22. The summed E-state index contributed by atoms with van der Waals surface area (Å²) in [5.41, 5.74) is 0.558. The lowest BCUT2D eigenvalue weighted by atomic mass is 9.88. The largest absolute Gasteiger partial charge is 0.495 e. The van der Waals surface area contributed by atoms with Crippen molar-refractivity contribution in [2.45, 2.75) is 57.2 Å². The molecule has 4 rings (SSSR count). The van der Waals surface area contributed by atoms with Crippen LogP contribution in [0, 0.1) is 5.92 Å². The molecule has 3 fully saturated rings. The minimum Gasteiger partial charge on any atom is -0.495 e. The molecule has 2 unspecified atom stereocenters. The van der Waals surface area contributed by atoms with E-state index >= 15 is 0 Å². The van der Waals surface area contributed by atoms with E-state index in [0.29, 0.717) is 11.4 Å². The second-order valence-electron chi connectivity index (χ2n) is 8.31. The second-order valence-corrected chi connectivity index (χ2v) is 8.31. The topological polar surface area (TPSA) is 91.0 Å². The van der Waals surface area contributed by atoms with Gasteiger partial charge in [0.25, 0.3) is 0 Å². The van der Waals surface area contributed by atoms with E-state index in [-0.39, 0.29) is 36.3 Å². The molecule has 4 amide bonds. The van der Waals surface area contributed by atoms with Gasteiger partial charge in [-0.25, -0.2) is 4.79 Å². The maximum Gasteiger partial charge on any atom is 0.328 e. The van der Waals surface area contributed by atoms with Crippen LogP contribution in [0.1, 0.15) is 44.9 Å². The molecule has 1 aliphatic carbocycles. The highest BCUT2D eigenvalue weighted by Crippen LogP contribution is 2.33. The van der Waals surface area contributed by atoms with Crippen molar-refractivity contribution in [3.8, 4) is 5.75 Å². The Morgan fingerprint density at radius 3 is 2.67 bits per heavy atom. The van der Waals surface area contributed by atoms with Gasteiger partial charge in [0.1, 0.15) is 12.3 Å². The standard InChI is InChI=1S/C22H30N4O4/c1-30-18-12-6-5-11-17(18)24-19(27)14-25-20-16(10-7-13-23-20)21(28)26(22(25)29)15-8-3-2-4-9-15/h5-6,11-12,15-16,20,23H,2-4,7-10,13-14H2,1H3,(H,24,27). The summed E-state index contributed by atoms with van der Waals surface area (Å²) in [7, 11) is 1.54. The van der Waals surface area contributed by atoms with Crippen LogP contribution in [-0.2, 0) is 9.59 Å². The fourth-order valence-corrected chi connectivity index (χ4v) is 4.92. The van der Waals surface area contributed by atoms with E-state index in [1.807, 2.05) is 12.1 Å². The number of urea groups is 1. The summed E-state index contributed by atoms with van der Waals surface area (Å²) < 4.78 is 5.29. The number of hydrogen-bond acceptors (Lipinski definition) is 5. The number of para-hydroxylation sites is 2. The second kappa shape index (κ2) is 9.04. The Morgan fingerprint density at radius 2 is 1.90 bits per heavy atom. The third-order valence-electron chi connectivity index (χ3n) is 6.40. The molecular formula is C22H30N4O4. The summed E-state index contributed by atoms with van der Waals surface area (Å²) in [6, 6.07) is 6.76. The first-order valence-corrected chi connectivity index (χ1v) is 10.9. The lowest BCUT2D eigenvalue weighted by Gasteiger charge is -2.49. The van der Waals surface area contributed by atoms with Gasteiger partial charge >= 0.3 is 6.03 Å². The van der Waals surface area contributed by atoms with Crippen LogP contribution in [0.5, 0.6) is 5.75 Å². The van der Waals surface area contributed by atoms with E-state index in [1.165, 1.54) is 4.90 Å². The van der Waals surface area contributed by atoms with Crippen molar-refractivity contribution in [1.29, 1.82) is 0 Å². The van der Waals surface area contributed by atoms with Gasteiger partial charge in [-0.05, 0) is 44.4 Å². The lowest BCUT2D eigenvalue weighted by molar-refractivity contribution is -0.145. The summed E-state index contributed by atoms with van der Waals surface area (Å²) in [5, 5.41) is 6.14. The third-order valence-corrected chi connectivity index (χ3v) is 6.40. The van der Waals surface area contributed by atoms with Crippen LogP contribution in [0.4, 0.5) is 10.5 Å². The zero-order valence-electron chi connectivity index (χ0n) is 17.4. The number of carbonyl (C=O) groups excluding carboxylic acids is 3. The quantitative estimate of drug-likeness (QED) is 0.773. The summed E-state index contributed by atoms with van der Waals surface area (Å²) in [5.74, 6) is -0.122. The molecule has 8 heteroatoms. The number of imide groups is 1. The normalized spacial score (nSPS) is 25.1. The first-order valence-electron chi connectivity index (χ1n) is 10.9. The molecule has 0 spiro atoms. The Bertz CT molecular complexity index is 808. The highest BCUT2D eigenvalue weighted by molar-refractivity contribution is 6.02. The minimum atomic E-state index is -0.429. The van der Waals surface area contributed by atoms with E-state index in [9.17, 15) is 14.4 Å². The summed E-state index contributed by atoms with van der Waals surface area (Å²) in [4.78, 5) is 42.4. The fraction of sp³-hybridized carbons (Fsp3) is 0.591. The number of rotatable bonds is 5. The van der Waals surface area contributed by atoms with Gasteiger partial charge in [-0.15, -0.1) is 0 Å². The van der Waals surface area contributed by atoms with Crippen LogP contribution < -0.4 is 15.4 Å². The Morgan fingerprint density at radius 1 is 1.13 bits per heavy atom. The molecule has 2 N–H and O–H groups in total. The van der Waals surface area contributed by atoms with E-state index in [1.54, 1.807) is 24.1 Å². The van der Waals surface area contributed by atoms with E-state index in [0.717, 1.165) is 51.5 Å². The average molecular weight is 415 g/mol. The van der Waals surface area contributed by atoms with Gasteiger partial charge in [0.2, 0.25) is 11.8 Å². The predicted octanol–water partition coefficient (Wildman–Crippen LogP) is 2.56. The number of nitrogens with one attached hydrogen (secondary N) is 2. The molecule has 1 saturated carbocycles. The van der Waals surface area contributed by atoms with Gasteiger partial charge in [-0.2, -0.15) is 0 Å². The maximum atomic E-state index is 13.4. The van der Waals surface area contributed by atoms with Gasteiger partial charge in [-0.3, -0.25) is 24.7 Å². The van der Waals surface area contributed by atoms with Crippen molar-refractivity contribution in [2.75, 3.05) is 25.5 Å². The molecule has 2 aliphatic heterocycles. The van der Waals surface area contributed by atoms with Crippen molar-refractivity contribution in [2.24, 2.45) is 5.92 Å². The van der Waals surface area contributed by atoms with Crippen LogP contribution in [0.2, 0.25) is 0 Å². The molecule has 0 bridgehead atoms. The molecule has 162 valence electrons. The summed E-state index contributed by atoms with van der Waals surface area (Å²) >= 11 is 0. The Labute approximate surface area is 176 Å². The molecular weight excluding hydrogens is 384 g/mol. The highest BCUT2D eigenvalue weighted by Gasteiger charge is 2.49. The van der Waals surface area contributed by atoms with Crippen molar-refractivity contribution in [3.63, 3.8) is 0 Å². The van der Waals surface area contributed by atoms with Crippen molar-refractivity contribution >= 4 is 23.5 Å². The number of carbonyl (C=O) groups is 3. The van der Waals surface area contributed by atoms with Gasteiger partial charge in [-0.1, -0.05) is 31.4 Å². The molecule has 8 nitrogen and oxygen atoms in total. The van der Waals surface area contributed by atoms with Gasteiger partial charge in [0.05, 0.1) is 24.9 Å². The number of fused-ring (bicyclic) bond motifs is 1. The summed E-state index contributed by atoms with van der Waals surface area (Å²) in [6.07, 6.45) is 6.10. The molecule has 2 saturated heterocycles. The van der Waals surface area contributed by atoms with Gasteiger partial charge in [0.15, 0.2) is 0 Å². The smallest absolute Gasteiger partial charge is 0.328 e. The summed E-state index contributed by atoms with van der Waals surface area (Å²) in [6.45, 7) is 0.622. The molecule has 0 radical (unpaired) electrons. The Balaban J connectivity index is 1.54. The number of anilines is 1. The van der Waals surface area contributed by atoms with Gasteiger partial charge < -0.3 is 10.1 Å². The van der Waals surface area contributed by atoms with Crippen LogP contribution in [0.25, 0.3) is 0 Å². The number of ether oxygens (including phenoxy) is 1. The zero-order chi connectivity index (χ0) is 21.1. The fourth-order valence-electron chi connectivity index (χ4n) is 4.92. The zero-order valence-corrected chi connectivity index (χ0v) is 17.4. The predicted molar refractivity (Wildman–Crippen MR) is 112 cm³/mol. The molecule has 3 aliphatic rings. The third kappa shape index (κ3) is 4.01. The lowest BCUT2D eigenvalue weighted by Crippen LogP contribution is -2.69. The SMILES string of the molecule is COc1ccccc1NC(=O)CN1C(=O)N(C2CCCCC2)C(=O)C2CCCNC21. The van der Waals surface area contributed by atoms with E-state index in [2.05, 4.69) is 10.6 Å². The molecule has 2 heterocycles. The number of piperidine rings is 1. The first kappa shape index (κ1) is 20.7. The van der Waals surface area contributed by atoms with Gasteiger partial charge in [0, 0.05) is 6.04 Å². The maximum absolute atomic E-state index is 13.4. The number of amides is 4. The van der Waals surface area contributed by atoms with Crippen LogP contribution >= 0.6 is 0 Å². The van der Waals surface area contributed by atoms with Crippen molar-refractivity contribution in [3.05, 3.63) is 24.3 Å². The molecule has 1 aromatic carbocycles. The van der Waals surface area contributed by atoms with Crippen LogP contribution in [0.3, 0.4) is 0 Å². The Hall–Kier alpha value is -2.61. The number of nitrogens with zero attached hydrogens (tertiary/aromatic N) is 2.